The maximum Gasteiger partial charge on any atom is 0.150 e. The third kappa shape index (κ3) is 6.01. The van der Waals surface area contributed by atoms with Crippen molar-refractivity contribution in [2.45, 2.75) is 13.2 Å². The van der Waals surface area contributed by atoms with Crippen LogP contribution in [-0.4, -0.2) is 12.6 Å². The summed E-state index contributed by atoms with van der Waals surface area (Å²) >= 11 is 20.4. The topological polar surface area (TPSA) is 52.6 Å². The number of rotatable bonds is 9. The summed E-state index contributed by atoms with van der Waals surface area (Å²) in [6, 6.07) is 21.6. The minimum atomic E-state index is 0.233. The van der Waals surface area contributed by atoms with Crippen LogP contribution in [0.5, 0.6) is 11.5 Å². The van der Waals surface area contributed by atoms with Crippen molar-refractivity contribution in [1.82, 2.24) is 0 Å². The van der Waals surface area contributed by atoms with Crippen molar-refractivity contribution in [3.63, 3.8) is 0 Å². The molecule has 4 nitrogen and oxygen atoms in total. The summed E-state index contributed by atoms with van der Waals surface area (Å²) in [5, 5.41) is 1.07. The lowest BCUT2D eigenvalue weighted by Gasteiger charge is -2.15. The molecule has 0 heterocycles. The van der Waals surface area contributed by atoms with Crippen LogP contribution in [0.15, 0.2) is 81.7 Å². The molecule has 4 aromatic carbocycles. The average Bonchev–Trinajstić information content (AvgIpc) is 2.88. The first-order valence-electron chi connectivity index (χ1n) is 10.7. The van der Waals surface area contributed by atoms with Crippen molar-refractivity contribution in [2.75, 3.05) is 0 Å². The molecule has 182 valence electrons. The Morgan fingerprint density at radius 3 is 1.42 bits per heavy atom. The predicted molar refractivity (Wildman–Crippen MR) is 150 cm³/mol. The summed E-state index contributed by atoms with van der Waals surface area (Å²) in [6.45, 7) is 0.466. The monoisotopic (exact) mass is 646 g/mol. The van der Waals surface area contributed by atoms with Crippen LogP contribution in [0, 0.1) is 0 Å². The highest BCUT2D eigenvalue weighted by Crippen LogP contribution is 2.38. The van der Waals surface area contributed by atoms with Crippen LogP contribution in [0.3, 0.4) is 0 Å². The Hall–Kier alpha value is -2.64. The smallest absolute Gasteiger partial charge is 0.150 e. The van der Waals surface area contributed by atoms with E-state index in [2.05, 4.69) is 31.9 Å². The summed E-state index contributed by atoms with van der Waals surface area (Å²) in [5.74, 6) is 1.21. The van der Waals surface area contributed by atoms with Gasteiger partial charge in [0.1, 0.15) is 37.3 Å². The molecule has 0 aliphatic rings. The molecule has 0 aromatic heterocycles. The maximum absolute atomic E-state index is 11.0. The van der Waals surface area contributed by atoms with Crippen molar-refractivity contribution in [1.29, 1.82) is 0 Å². The summed E-state index contributed by atoms with van der Waals surface area (Å²) in [5.41, 5.74) is 4.24. The van der Waals surface area contributed by atoms with E-state index in [4.69, 9.17) is 32.7 Å². The van der Waals surface area contributed by atoms with Gasteiger partial charge in [0.25, 0.3) is 0 Å². The fraction of sp³-hybridized carbons (Fsp3) is 0.0714. The molecule has 0 saturated heterocycles. The Morgan fingerprint density at radius 1 is 0.639 bits per heavy atom. The Bertz CT molecular complexity index is 1330. The molecule has 0 fully saturated rings. The quantitative estimate of drug-likeness (QED) is 0.170. The van der Waals surface area contributed by atoms with Crippen LogP contribution in [-0.2, 0) is 13.2 Å². The number of hydrogen-bond donors (Lipinski definition) is 0. The highest BCUT2D eigenvalue weighted by molar-refractivity contribution is 9.10. The predicted octanol–water partition coefficient (Wildman–Crippen LogP) is 8.97. The number of ether oxygens (including phenoxy) is 2. The number of hydrogen-bond acceptors (Lipinski definition) is 4. The molecule has 0 aliphatic heterocycles. The first-order valence-corrected chi connectivity index (χ1v) is 13.1. The number of carbonyl (C=O) groups is 2. The Kier molecular flexibility index (Phi) is 8.86. The second-order valence-corrected chi connectivity index (χ2v) is 10.2. The largest absolute Gasteiger partial charge is 0.488 e. The van der Waals surface area contributed by atoms with Crippen molar-refractivity contribution in [2.24, 2.45) is 0 Å². The third-order valence-electron chi connectivity index (χ3n) is 5.40. The third-order valence-corrected chi connectivity index (χ3v) is 7.53. The average molecular weight is 649 g/mol. The molecular weight excluding hydrogens is 631 g/mol. The van der Waals surface area contributed by atoms with Crippen molar-refractivity contribution < 1.29 is 19.1 Å². The fourth-order valence-corrected chi connectivity index (χ4v) is 5.11. The van der Waals surface area contributed by atoms with Gasteiger partial charge in [-0.25, -0.2) is 0 Å². The number of carbonyl (C=O) groups excluding carboxylic acids is 2. The van der Waals surface area contributed by atoms with Crippen molar-refractivity contribution in [3.8, 4) is 22.6 Å². The summed E-state index contributed by atoms with van der Waals surface area (Å²) in [6.07, 6.45) is 1.56. The molecule has 36 heavy (non-hydrogen) atoms. The molecule has 0 radical (unpaired) electrons. The minimum absolute atomic E-state index is 0.233. The SMILES string of the molecule is O=Cc1ccc(OCc2cccc(-c3cccc(COc4ccc(C=O)cc4Br)c3Cl)c2Cl)c(Br)c1. The molecule has 8 heteroatoms. The normalized spacial score (nSPS) is 10.7. The van der Waals surface area contributed by atoms with Gasteiger partial charge in [-0.05, 0) is 68.3 Å². The zero-order valence-electron chi connectivity index (χ0n) is 18.6. The Balaban J connectivity index is 1.54. The van der Waals surface area contributed by atoms with Crippen LogP contribution in [0.25, 0.3) is 11.1 Å². The minimum Gasteiger partial charge on any atom is -0.488 e. The van der Waals surface area contributed by atoms with E-state index in [9.17, 15) is 9.59 Å². The first kappa shape index (κ1) is 26.4. The van der Waals surface area contributed by atoms with Crippen LogP contribution >= 0.6 is 55.1 Å². The van der Waals surface area contributed by atoms with Gasteiger partial charge in [0.15, 0.2) is 0 Å². The molecule has 0 aliphatic carbocycles. The highest BCUT2D eigenvalue weighted by atomic mass is 79.9. The molecule has 4 rings (SSSR count). The van der Waals surface area contributed by atoms with E-state index in [0.29, 0.717) is 41.6 Å². The molecule has 4 aromatic rings. The number of halogens is 4. The van der Waals surface area contributed by atoms with Gasteiger partial charge in [0, 0.05) is 33.4 Å². The van der Waals surface area contributed by atoms with Gasteiger partial charge in [-0.1, -0.05) is 59.6 Å². The van der Waals surface area contributed by atoms with E-state index in [1.54, 1.807) is 36.4 Å². The van der Waals surface area contributed by atoms with Gasteiger partial charge >= 0.3 is 0 Å². The van der Waals surface area contributed by atoms with Crippen molar-refractivity contribution in [3.05, 3.63) is 114 Å². The Labute approximate surface area is 235 Å². The molecule has 0 amide bonds. The van der Waals surface area contributed by atoms with Gasteiger partial charge in [0.2, 0.25) is 0 Å². The zero-order chi connectivity index (χ0) is 25.7. The van der Waals surface area contributed by atoms with Crippen LogP contribution in [0.4, 0.5) is 0 Å². The van der Waals surface area contributed by atoms with Gasteiger partial charge in [0.05, 0.1) is 19.0 Å². The number of aldehydes is 2. The van der Waals surface area contributed by atoms with Gasteiger partial charge in [-0.3, -0.25) is 9.59 Å². The highest BCUT2D eigenvalue weighted by Gasteiger charge is 2.15. The second-order valence-electron chi connectivity index (χ2n) is 7.75. The van der Waals surface area contributed by atoms with E-state index in [1.165, 1.54) is 0 Å². The van der Waals surface area contributed by atoms with E-state index in [1.807, 2.05) is 36.4 Å². The fourth-order valence-electron chi connectivity index (χ4n) is 3.52. The van der Waals surface area contributed by atoms with E-state index >= 15 is 0 Å². The molecule has 0 spiro atoms. The molecule has 0 bridgehead atoms. The van der Waals surface area contributed by atoms with Crippen molar-refractivity contribution >= 4 is 67.6 Å². The summed E-state index contributed by atoms with van der Waals surface area (Å²) < 4.78 is 13.2. The van der Waals surface area contributed by atoms with Gasteiger partial charge in [-0.15, -0.1) is 0 Å². The molecule has 0 atom stereocenters. The standard InChI is InChI=1S/C28H18Br2Cl2O4/c29-23-11-17(13-33)7-9-25(23)35-15-19-3-1-5-21(27(19)31)22-6-2-4-20(28(22)32)16-36-26-10-8-18(14-34)12-24(26)30/h1-14H,15-16H2. The first-order chi connectivity index (χ1) is 17.4. The number of benzene rings is 4. The van der Waals surface area contributed by atoms with Gasteiger partial charge in [-0.2, -0.15) is 0 Å². The maximum atomic E-state index is 11.0. The lowest BCUT2D eigenvalue weighted by atomic mass is 10.0. The van der Waals surface area contributed by atoms with E-state index < -0.39 is 0 Å². The summed E-state index contributed by atoms with van der Waals surface area (Å²) in [7, 11) is 0. The second kappa shape index (κ2) is 12.1. The van der Waals surface area contributed by atoms with E-state index in [-0.39, 0.29) is 13.2 Å². The lowest BCUT2D eigenvalue weighted by Crippen LogP contribution is -2.00. The van der Waals surface area contributed by atoms with Gasteiger partial charge < -0.3 is 9.47 Å². The Morgan fingerprint density at radius 2 is 1.06 bits per heavy atom. The summed E-state index contributed by atoms with van der Waals surface area (Å²) in [4.78, 5) is 21.9. The van der Waals surface area contributed by atoms with Crippen LogP contribution < -0.4 is 9.47 Å². The van der Waals surface area contributed by atoms with E-state index in [0.717, 1.165) is 34.8 Å². The lowest BCUT2D eigenvalue weighted by molar-refractivity contribution is 0.111. The molecular formula is C28H18Br2Cl2O4. The molecule has 0 unspecified atom stereocenters. The zero-order valence-corrected chi connectivity index (χ0v) is 23.3. The van der Waals surface area contributed by atoms with Crippen LogP contribution in [0.2, 0.25) is 10.0 Å². The molecule has 0 N–H and O–H groups in total. The molecule has 0 saturated carbocycles. The van der Waals surface area contributed by atoms with Crippen LogP contribution in [0.1, 0.15) is 31.8 Å².